The molecular weight excluding hydrogens is 248 g/mol. The third-order valence-corrected chi connectivity index (χ3v) is 4.30. The first-order valence-corrected chi connectivity index (χ1v) is 6.49. The van der Waals surface area contributed by atoms with Gasteiger partial charge in [-0.05, 0) is 18.1 Å². The zero-order valence-corrected chi connectivity index (χ0v) is 10.7. The first-order valence-electron chi connectivity index (χ1n) is 5.67. The van der Waals surface area contributed by atoms with Crippen LogP contribution < -0.4 is 4.90 Å². The van der Waals surface area contributed by atoms with E-state index in [9.17, 15) is 4.79 Å². The van der Waals surface area contributed by atoms with Gasteiger partial charge in [0.25, 0.3) is 0 Å². The topological polar surface area (TPSA) is 53.4 Å². The van der Waals surface area contributed by atoms with Crippen molar-refractivity contribution in [1.29, 1.82) is 0 Å². The van der Waals surface area contributed by atoms with Gasteiger partial charge in [-0.3, -0.25) is 0 Å². The Labute approximate surface area is 109 Å². The van der Waals surface area contributed by atoms with E-state index in [-0.39, 0.29) is 0 Å². The third-order valence-electron chi connectivity index (χ3n) is 3.09. The summed E-state index contributed by atoms with van der Waals surface area (Å²) in [6.45, 7) is 3.36. The van der Waals surface area contributed by atoms with Gasteiger partial charge < -0.3 is 10.0 Å². The van der Waals surface area contributed by atoms with Crippen LogP contribution in [0.4, 0.5) is 5.13 Å². The van der Waals surface area contributed by atoms with Crippen molar-refractivity contribution in [3.05, 3.63) is 46.0 Å². The van der Waals surface area contributed by atoms with E-state index in [1.54, 1.807) is 6.92 Å². The van der Waals surface area contributed by atoms with E-state index in [1.165, 1.54) is 22.5 Å². The van der Waals surface area contributed by atoms with Gasteiger partial charge in [-0.25, -0.2) is 9.78 Å². The maximum atomic E-state index is 11.0. The molecule has 92 valence electrons. The predicted molar refractivity (Wildman–Crippen MR) is 70.1 cm³/mol. The molecule has 0 atom stereocenters. The molecule has 3 rings (SSSR count). The predicted octanol–water partition coefficient (Wildman–Crippen LogP) is 2.67. The Morgan fingerprint density at radius 2 is 1.94 bits per heavy atom. The number of thiazole rings is 1. The summed E-state index contributed by atoms with van der Waals surface area (Å²) in [5.41, 5.74) is 3.18. The van der Waals surface area contributed by atoms with E-state index in [2.05, 4.69) is 22.0 Å². The monoisotopic (exact) mass is 260 g/mol. The van der Waals surface area contributed by atoms with Crippen molar-refractivity contribution in [2.45, 2.75) is 20.0 Å². The highest BCUT2D eigenvalue weighted by molar-refractivity contribution is 7.17. The van der Waals surface area contributed by atoms with Crippen LogP contribution in [0.15, 0.2) is 24.3 Å². The SMILES string of the molecule is Cc1nc(N2Cc3ccccc3C2)sc1C(=O)O. The highest BCUT2D eigenvalue weighted by Gasteiger charge is 2.23. The number of carbonyl (C=O) groups is 1. The first-order chi connectivity index (χ1) is 8.65. The van der Waals surface area contributed by atoms with Gasteiger partial charge in [-0.1, -0.05) is 35.6 Å². The Morgan fingerprint density at radius 3 is 2.44 bits per heavy atom. The van der Waals surface area contributed by atoms with Crippen molar-refractivity contribution in [3.63, 3.8) is 0 Å². The number of nitrogens with zero attached hydrogens (tertiary/aromatic N) is 2. The number of rotatable bonds is 2. The normalized spacial score (nSPS) is 13.7. The summed E-state index contributed by atoms with van der Waals surface area (Å²) in [6, 6.07) is 8.26. The number of hydrogen-bond donors (Lipinski definition) is 1. The Morgan fingerprint density at radius 1 is 1.33 bits per heavy atom. The lowest BCUT2D eigenvalue weighted by molar-refractivity contribution is 0.0701. The molecule has 1 aliphatic rings. The minimum Gasteiger partial charge on any atom is -0.477 e. The minimum atomic E-state index is -0.895. The van der Waals surface area contributed by atoms with Gasteiger partial charge in [-0.2, -0.15) is 0 Å². The van der Waals surface area contributed by atoms with Gasteiger partial charge in [0, 0.05) is 13.1 Å². The number of aromatic nitrogens is 1. The molecule has 1 N–H and O–H groups in total. The summed E-state index contributed by atoms with van der Waals surface area (Å²) in [4.78, 5) is 17.8. The van der Waals surface area contributed by atoms with Gasteiger partial charge in [-0.15, -0.1) is 0 Å². The Balaban J connectivity index is 1.91. The van der Waals surface area contributed by atoms with E-state index in [0.717, 1.165) is 18.2 Å². The van der Waals surface area contributed by atoms with Crippen LogP contribution in [-0.2, 0) is 13.1 Å². The quantitative estimate of drug-likeness (QED) is 0.902. The van der Waals surface area contributed by atoms with E-state index >= 15 is 0 Å². The van der Waals surface area contributed by atoms with Crippen molar-refractivity contribution >= 4 is 22.4 Å². The number of carboxylic acid groups (broad SMARTS) is 1. The highest BCUT2D eigenvalue weighted by atomic mass is 32.1. The number of aryl methyl sites for hydroxylation is 1. The molecule has 18 heavy (non-hydrogen) atoms. The van der Waals surface area contributed by atoms with E-state index in [1.807, 2.05) is 12.1 Å². The van der Waals surface area contributed by atoms with Gasteiger partial charge in [0.1, 0.15) is 4.88 Å². The molecule has 0 aliphatic carbocycles. The Bertz CT molecular complexity index is 596. The standard InChI is InChI=1S/C13H12N2O2S/c1-8-11(12(16)17)18-13(14-8)15-6-9-4-2-3-5-10(9)7-15/h2-5H,6-7H2,1H3,(H,16,17). The number of carboxylic acids is 1. The summed E-state index contributed by atoms with van der Waals surface area (Å²) in [5, 5.41) is 9.84. The van der Waals surface area contributed by atoms with Gasteiger partial charge >= 0.3 is 5.97 Å². The molecule has 0 radical (unpaired) electrons. The fraction of sp³-hybridized carbons (Fsp3) is 0.231. The van der Waals surface area contributed by atoms with Crippen LogP contribution >= 0.6 is 11.3 Å². The largest absolute Gasteiger partial charge is 0.477 e. The van der Waals surface area contributed by atoms with Crippen molar-refractivity contribution in [3.8, 4) is 0 Å². The molecule has 2 aromatic rings. The Hall–Kier alpha value is -1.88. The maximum absolute atomic E-state index is 11.0. The summed E-state index contributed by atoms with van der Waals surface area (Å²) in [6.07, 6.45) is 0. The molecule has 0 unspecified atom stereocenters. The van der Waals surface area contributed by atoms with Crippen LogP contribution in [0, 0.1) is 6.92 Å². The van der Waals surface area contributed by atoms with Gasteiger partial charge in [0.15, 0.2) is 5.13 Å². The second kappa shape index (κ2) is 4.10. The fourth-order valence-corrected chi connectivity index (χ4v) is 3.09. The molecule has 0 amide bonds. The number of benzene rings is 1. The molecule has 1 aliphatic heterocycles. The van der Waals surface area contributed by atoms with Crippen molar-refractivity contribution in [2.24, 2.45) is 0 Å². The summed E-state index contributed by atoms with van der Waals surface area (Å²) < 4.78 is 0. The fourth-order valence-electron chi connectivity index (χ4n) is 2.18. The van der Waals surface area contributed by atoms with E-state index in [0.29, 0.717) is 10.6 Å². The number of aromatic carboxylic acids is 1. The smallest absolute Gasteiger partial charge is 0.347 e. The summed E-state index contributed by atoms with van der Waals surface area (Å²) in [5.74, 6) is -0.895. The molecule has 4 nitrogen and oxygen atoms in total. The molecule has 0 fully saturated rings. The maximum Gasteiger partial charge on any atom is 0.347 e. The summed E-state index contributed by atoms with van der Waals surface area (Å²) >= 11 is 1.25. The second-order valence-corrected chi connectivity index (χ2v) is 5.32. The molecule has 0 saturated carbocycles. The van der Waals surface area contributed by atoms with Gasteiger partial charge in [0.2, 0.25) is 0 Å². The number of anilines is 1. The van der Waals surface area contributed by atoms with E-state index < -0.39 is 5.97 Å². The molecule has 0 bridgehead atoms. The lowest BCUT2D eigenvalue weighted by atomic mass is 10.1. The van der Waals surface area contributed by atoms with Crippen LogP contribution in [-0.4, -0.2) is 16.1 Å². The third kappa shape index (κ3) is 1.76. The molecule has 5 heteroatoms. The average molecular weight is 260 g/mol. The van der Waals surface area contributed by atoms with Crippen LogP contribution in [0.5, 0.6) is 0 Å². The zero-order chi connectivity index (χ0) is 12.7. The van der Waals surface area contributed by atoms with Crippen LogP contribution in [0.1, 0.15) is 26.5 Å². The zero-order valence-electron chi connectivity index (χ0n) is 9.88. The molecule has 0 spiro atoms. The van der Waals surface area contributed by atoms with Crippen LogP contribution in [0.2, 0.25) is 0 Å². The second-order valence-electron chi connectivity index (χ2n) is 4.34. The molecule has 0 saturated heterocycles. The van der Waals surface area contributed by atoms with Gasteiger partial charge in [0.05, 0.1) is 5.69 Å². The first kappa shape index (κ1) is 11.2. The molecule has 1 aromatic carbocycles. The molecule has 2 heterocycles. The summed E-state index contributed by atoms with van der Waals surface area (Å²) in [7, 11) is 0. The average Bonchev–Trinajstić information content (AvgIpc) is 2.91. The van der Waals surface area contributed by atoms with Crippen molar-refractivity contribution in [2.75, 3.05) is 4.90 Å². The van der Waals surface area contributed by atoms with Crippen molar-refractivity contribution < 1.29 is 9.90 Å². The van der Waals surface area contributed by atoms with Crippen LogP contribution in [0.25, 0.3) is 0 Å². The lowest BCUT2D eigenvalue weighted by Crippen LogP contribution is -2.13. The highest BCUT2D eigenvalue weighted by Crippen LogP contribution is 2.32. The van der Waals surface area contributed by atoms with Crippen LogP contribution in [0.3, 0.4) is 0 Å². The number of fused-ring (bicyclic) bond motifs is 1. The molecule has 1 aromatic heterocycles. The minimum absolute atomic E-state index is 0.334. The molecular formula is C13H12N2O2S. The van der Waals surface area contributed by atoms with Crippen molar-refractivity contribution in [1.82, 2.24) is 4.98 Å². The van der Waals surface area contributed by atoms with E-state index in [4.69, 9.17) is 5.11 Å². The Kier molecular flexibility index (Phi) is 2.56. The number of hydrogen-bond acceptors (Lipinski definition) is 4. The lowest BCUT2D eigenvalue weighted by Gasteiger charge is -2.12.